The van der Waals surface area contributed by atoms with E-state index in [2.05, 4.69) is 20.6 Å². The van der Waals surface area contributed by atoms with E-state index in [0.717, 1.165) is 11.1 Å². The topological polar surface area (TPSA) is 116 Å². The first-order valence-electron chi connectivity index (χ1n) is 13.6. The highest BCUT2D eigenvalue weighted by molar-refractivity contribution is 5.80. The normalized spacial score (nSPS) is 15.4. The minimum atomic E-state index is -1.01. The molecule has 4 N–H and O–H groups in total. The van der Waals surface area contributed by atoms with Crippen LogP contribution < -0.4 is 10.6 Å². The van der Waals surface area contributed by atoms with Crippen molar-refractivity contribution in [3.63, 3.8) is 0 Å². The van der Waals surface area contributed by atoms with Gasteiger partial charge >= 0.3 is 6.09 Å². The van der Waals surface area contributed by atoms with Crippen molar-refractivity contribution in [2.75, 3.05) is 0 Å². The highest BCUT2D eigenvalue weighted by Crippen LogP contribution is 2.25. The van der Waals surface area contributed by atoms with Gasteiger partial charge in [-0.15, -0.1) is 0 Å². The largest absolute Gasteiger partial charge is 0.444 e. The molecule has 8 heteroatoms. The van der Waals surface area contributed by atoms with Gasteiger partial charge in [-0.25, -0.2) is 9.78 Å². The summed E-state index contributed by atoms with van der Waals surface area (Å²) in [6.07, 6.45) is 3.38. The third-order valence-electron chi connectivity index (χ3n) is 6.81. The second kappa shape index (κ2) is 13.4. The number of aromatic nitrogens is 2. The molecule has 1 heterocycles. The molecule has 2 aromatic carbocycles. The number of imidazole rings is 1. The van der Waals surface area contributed by atoms with Crippen LogP contribution in [0.15, 0.2) is 73.1 Å². The van der Waals surface area contributed by atoms with Crippen molar-refractivity contribution in [2.24, 2.45) is 5.92 Å². The van der Waals surface area contributed by atoms with Crippen molar-refractivity contribution in [3.05, 3.63) is 90.0 Å². The number of nitrogens with one attached hydrogen (secondary N) is 3. The fourth-order valence-corrected chi connectivity index (χ4v) is 4.50. The van der Waals surface area contributed by atoms with Crippen molar-refractivity contribution in [2.45, 2.75) is 83.6 Å². The summed E-state index contributed by atoms with van der Waals surface area (Å²) < 4.78 is 5.48. The van der Waals surface area contributed by atoms with E-state index in [-0.39, 0.29) is 12.3 Å². The molecule has 0 fully saturated rings. The predicted octanol–water partition coefficient (Wildman–Crippen LogP) is 4.90. The van der Waals surface area contributed by atoms with Crippen molar-refractivity contribution in [1.82, 2.24) is 20.6 Å². The number of alkyl carbamates (subject to hydrolysis) is 1. The van der Waals surface area contributed by atoms with Crippen LogP contribution >= 0.6 is 0 Å². The smallest absolute Gasteiger partial charge is 0.407 e. The Morgan fingerprint density at radius 1 is 0.974 bits per heavy atom. The molecular weight excluding hydrogens is 492 g/mol. The Bertz CT molecular complexity index is 1160. The Kier molecular flexibility index (Phi) is 10.3. The second-order valence-corrected chi connectivity index (χ2v) is 11.2. The van der Waals surface area contributed by atoms with Crippen LogP contribution in [0.4, 0.5) is 4.79 Å². The molecule has 0 spiro atoms. The number of hydrogen-bond donors (Lipinski definition) is 4. The zero-order valence-electron chi connectivity index (χ0n) is 23.6. The summed E-state index contributed by atoms with van der Waals surface area (Å²) >= 11 is 0. The molecule has 0 saturated carbocycles. The number of carbonyl (C=O) groups is 2. The van der Waals surface area contributed by atoms with Gasteiger partial charge in [0.15, 0.2) is 0 Å². The van der Waals surface area contributed by atoms with Gasteiger partial charge in [0.05, 0.1) is 17.7 Å². The van der Waals surface area contributed by atoms with Gasteiger partial charge in [0.2, 0.25) is 5.91 Å². The van der Waals surface area contributed by atoms with Crippen molar-refractivity contribution in [3.8, 4) is 0 Å². The number of carbonyl (C=O) groups excluding carboxylic acids is 2. The summed E-state index contributed by atoms with van der Waals surface area (Å²) in [5.74, 6) is -0.0674. The highest BCUT2D eigenvalue weighted by atomic mass is 16.6. The Balaban J connectivity index is 1.84. The van der Waals surface area contributed by atoms with Crippen LogP contribution in [-0.2, 0) is 27.9 Å². The molecule has 2 amide bonds. The van der Waals surface area contributed by atoms with E-state index in [1.54, 1.807) is 33.2 Å². The number of ether oxygens (including phenoxy) is 1. The molecule has 0 saturated heterocycles. The van der Waals surface area contributed by atoms with Gasteiger partial charge in [-0.3, -0.25) is 4.79 Å². The summed E-state index contributed by atoms with van der Waals surface area (Å²) in [5, 5.41) is 17.5. The average Bonchev–Trinajstić information content (AvgIpc) is 3.44. The number of aliphatic hydroxyl groups excluding tert-OH is 1. The van der Waals surface area contributed by atoms with Gasteiger partial charge < -0.3 is 25.5 Å². The molecule has 0 unspecified atom stereocenters. The number of amides is 2. The van der Waals surface area contributed by atoms with Crippen LogP contribution in [0.2, 0.25) is 0 Å². The summed E-state index contributed by atoms with van der Waals surface area (Å²) in [5.41, 5.74) is 0.566. The van der Waals surface area contributed by atoms with E-state index in [0.29, 0.717) is 25.1 Å². The van der Waals surface area contributed by atoms with Gasteiger partial charge in [-0.2, -0.15) is 0 Å². The lowest BCUT2D eigenvalue weighted by Crippen LogP contribution is -2.50. The van der Waals surface area contributed by atoms with E-state index in [1.807, 2.05) is 74.5 Å². The zero-order chi connectivity index (χ0) is 28.5. The van der Waals surface area contributed by atoms with E-state index in [1.165, 1.54) is 0 Å². The van der Waals surface area contributed by atoms with Crippen LogP contribution in [0.3, 0.4) is 0 Å². The van der Waals surface area contributed by atoms with Crippen LogP contribution in [0.5, 0.6) is 0 Å². The number of nitrogens with zero attached hydrogens (tertiary/aromatic N) is 1. The first-order chi connectivity index (χ1) is 18.5. The maximum atomic E-state index is 13.8. The van der Waals surface area contributed by atoms with E-state index in [4.69, 9.17) is 4.74 Å². The summed E-state index contributed by atoms with van der Waals surface area (Å²) in [7, 11) is 0. The maximum absolute atomic E-state index is 13.8. The molecule has 0 aliphatic rings. The monoisotopic (exact) mass is 534 g/mol. The molecule has 4 atom stereocenters. The standard InChI is InChI=1S/C31H42N4O4/c1-6-31(5,28-32-17-18-33-28)35-27(37)24(19-22-13-9-7-10-14-22)21-26(36)25(20-23-15-11-8-12-16-23)34-29(38)39-30(2,3)4/h7-18,24-26,36H,6,19-21H2,1-5H3,(H,32,33)(H,34,38)(H,35,37)/t24-,25+,26+,31+/m1/s1. The van der Waals surface area contributed by atoms with Crippen LogP contribution in [0.1, 0.15) is 64.4 Å². The fraction of sp³-hybridized carbons (Fsp3) is 0.452. The van der Waals surface area contributed by atoms with Gasteiger partial charge in [-0.05, 0) is 64.5 Å². The first-order valence-corrected chi connectivity index (χ1v) is 13.6. The first kappa shape index (κ1) is 29.9. The minimum absolute atomic E-state index is 0.145. The average molecular weight is 535 g/mol. The summed E-state index contributed by atoms with van der Waals surface area (Å²) in [4.78, 5) is 34.0. The van der Waals surface area contributed by atoms with Crippen LogP contribution in [0, 0.1) is 5.92 Å². The number of hydrogen-bond acceptors (Lipinski definition) is 5. The van der Waals surface area contributed by atoms with Crippen molar-refractivity contribution in [1.29, 1.82) is 0 Å². The number of aromatic amines is 1. The number of aliphatic hydroxyl groups is 1. The molecule has 0 aliphatic carbocycles. The molecule has 0 bridgehead atoms. The molecule has 210 valence electrons. The molecule has 3 rings (SSSR count). The lowest BCUT2D eigenvalue weighted by molar-refractivity contribution is -0.128. The second-order valence-electron chi connectivity index (χ2n) is 11.2. The van der Waals surface area contributed by atoms with Gasteiger partial charge in [0, 0.05) is 18.3 Å². The summed E-state index contributed by atoms with van der Waals surface area (Å²) in [6.45, 7) is 9.30. The zero-order valence-corrected chi connectivity index (χ0v) is 23.6. The molecule has 3 aromatic rings. The van der Waals surface area contributed by atoms with E-state index >= 15 is 0 Å². The number of rotatable bonds is 12. The Hall–Kier alpha value is -3.65. The molecule has 39 heavy (non-hydrogen) atoms. The Labute approximate surface area is 231 Å². The Morgan fingerprint density at radius 3 is 2.08 bits per heavy atom. The number of benzene rings is 2. The molecule has 1 aromatic heterocycles. The SMILES string of the molecule is CC[C@](C)(NC(=O)[C@H](Cc1ccccc1)C[C@H](O)[C@H](Cc1ccccc1)NC(=O)OC(C)(C)C)c1ncc[nH]1. The van der Waals surface area contributed by atoms with Crippen molar-refractivity contribution < 1.29 is 19.4 Å². The summed E-state index contributed by atoms with van der Waals surface area (Å²) in [6, 6.07) is 18.7. The van der Waals surface area contributed by atoms with Crippen LogP contribution in [-0.4, -0.2) is 44.8 Å². The van der Waals surface area contributed by atoms with Crippen LogP contribution in [0.25, 0.3) is 0 Å². The lowest BCUT2D eigenvalue weighted by Gasteiger charge is -2.32. The van der Waals surface area contributed by atoms with Crippen molar-refractivity contribution >= 4 is 12.0 Å². The van der Waals surface area contributed by atoms with Gasteiger partial charge in [0.25, 0.3) is 0 Å². The maximum Gasteiger partial charge on any atom is 0.407 e. The van der Waals surface area contributed by atoms with E-state index in [9.17, 15) is 14.7 Å². The highest BCUT2D eigenvalue weighted by Gasteiger charge is 2.35. The van der Waals surface area contributed by atoms with Gasteiger partial charge in [-0.1, -0.05) is 67.6 Å². The lowest BCUT2D eigenvalue weighted by atomic mass is 9.87. The Morgan fingerprint density at radius 2 is 1.56 bits per heavy atom. The number of H-pyrrole nitrogens is 1. The molecule has 0 aliphatic heterocycles. The fourth-order valence-electron chi connectivity index (χ4n) is 4.50. The minimum Gasteiger partial charge on any atom is -0.444 e. The molecule has 8 nitrogen and oxygen atoms in total. The quantitative estimate of drug-likeness (QED) is 0.264. The molecular formula is C31H42N4O4. The molecule has 0 radical (unpaired) electrons. The van der Waals surface area contributed by atoms with Gasteiger partial charge in [0.1, 0.15) is 11.4 Å². The third kappa shape index (κ3) is 9.25. The predicted molar refractivity (Wildman–Crippen MR) is 152 cm³/mol. The van der Waals surface area contributed by atoms with E-state index < -0.39 is 35.3 Å². The third-order valence-corrected chi connectivity index (χ3v) is 6.81.